The largest absolute Gasteiger partial charge is 0.387 e. The maximum absolute atomic E-state index is 11.0. The molecule has 24 heavy (non-hydrogen) atoms. The average molecular weight is 328 g/mol. The van der Waals surface area contributed by atoms with Crippen LogP contribution in [0.1, 0.15) is 56.6 Å². The quantitative estimate of drug-likeness (QED) is 0.903. The summed E-state index contributed by atoms with van der Waals surface area (Å²) in [7, 11) is 1.69. The van der Waals surface area contributed by atoms with Crippen molar-refractivity contribution in [1.29, 1.82) is 0 Å². The summed E-state index contributed by atoms with van der Waals surface area (Å²) in [5.41, 5.74) is 3.68. The van der Waals surface area contributed by atoms with Crippen molar-refractivity contribution in [2.75, 3.05) is 13.7 Å². The molecule has 0 saturated heterocycles. The molecule has 0 spiro atoms. The molecule has 130 valence electrons. The molecule has 4 rings (SSSR count). The van der Waals surface area contributed by atoms with Crippen molar-refractivity contribution in [3.63, 3.8) is 0 Å². The van der Waals surface area contributed by atoms with Crippen LogP contribution in [0.4, 0.5) is 0 Å². The molecule has 1 heterocycles. The maximum Gasteiger partial charge on any atom is 0.0883 e. The first kappa shape index (κ1) is 16.1. The summed E-state index contributed by atoms with van der Waals surface area (Å²) in [4.78, 5) is 0. The van der Waals surface area contributed by atoms with Crippen molar-refractivity contribution >= 4 is 10.9 Å². The van der Waals surface area contributed by atoms with Gasteiger partial charge >= 0.3 is 0 Å². The van der Waals surface area contributed by atoms with Crippen molar-refractivity contribution in [2.45, 2.75) is 62.9 Å². The zero-order chi connectivity index (χ0) is 16.8. The van der Waals surface area contributed by atoms with Crippen LogP contribution in [-0.2, 0) is 16.6 Å². The minimum Gasteiger partial charge on any atom is -0.387 e. The number of aryl methyl sites for hydroxylation is 1. The zero-order valence-electron chi connectivity index (χ0n) is 14.8. The van der Waals surface area contributed by atoms with Gasteiger partial charge in [-0.25, -0.2) is 0 Å². The number of methoxy groups -OCH3 is 1. The second kappa shape index (κ2) is 5.85. The predicted molar refractivity (Wildman–Crippen MR) is 95.2 cm³/mol. The number of benzene rings is 1. The molecule has 2 aromatic rings. The van der Waals surface area contributed by atoms with Gasteiger partial charge in [0.05, 0.1) is 23.9 Å². The van der Waals surface area contributed by atoms with Gasteiger partial charge in [-0.3, -0.25) is 5.10 Å². The molecule has 2 aliphatic carbocycles. The predicted octanol–water partition coefficient (Wildman–Crippen LogP) is 3.72. The lowest BCUT2D eigenvalue weighted by atomic mass is 9.57. The van der Waals surface area contributed by atoms with Gasteiger partial charge in [-0.1, -0.05) is 6.92 Å². The number of H-pyrrole nitrogens is 1. The van der Waals surface area contributed by atoms with Crippen LogP contribution >= 0.6 is 0 Å². The fraction of sp³-hybridized carbons (Fsp3) is 0.650. The Morgan fingerprint density at radius 1 is 1.38 bits per heavy atom. The number of aromatic amines is 1. The van der Waals surface area contributed by atoms with Crippen LogP contribution in [0.3, 0.4) is 0 Å². The molecular formula is C20H28N2O2. The lowest BCUT2D eigenvalue weighted by Crippen LogP contribution is -2.49. The number of fused-ring (bicyclic) bond motifs is 4. The highest BCUT2D eigenvalue weighted by atomic mass is 16.5. The molecule has 0 bridgehead atoms. The smallest absolute Gasteiger partial charge is 0.0883 e. The number of aromatic nitrogens is 2. The molecule has 4 nitrogen and oxygen atoms in total. The minimum absolute atomic E-state index is 0.192. The molecule has 1 saturated carbocycles. The number of nitrogens with one attached hydrogen (secondary N) is 1. The Bertz CT molecular complexity index is 740. The SMILES string of the molecule is CC[C@@]12CC[C@](O)(COC)C[C@@H]1CCCc1cc3[nH]ncc3cc12. The van der Waals surface area contributed by atoms with Crippen LogP contribution in [-0.4, -0.2) is 34.6 Å². The van der Waals surface area contributed by atoms with Gasteiger partial charge in [0.15, 0.2) is 0 Å². The van der Waals surface area contributed by atoms with E-state index in [1.807, 2.05) is 6.20 Å². The molecule has 1 fully saturated rings. The fourth-order valence-electron chi connectivity index (χ4n) is 5.45. The Balaban J connectivity index is 1.81. The third kappa shape index (κ3) is 2.39. The zero-order valence-corrected chi connectivity index (χ0v) is 14.8. The molecule has 0 radical (unpaired) electrons. The normalized spacial score (nSPS) is 33.0. The van der Waals surface area contributed by atoms with E-state index in [4.69, 9.17) is 4.74 Å². The number of ether oxygens (including phenoxy) is 1. The third-order valence-electron chi connectivity index (χ3n) is 6.69. The van der Waals surface area contributed by atoms with Crippen molar-refractivity contribution < 1.29 is 9.84 Å². The Kier molecular flexibility index (Phi) is 3.92. The second-order valence-electron chi connectivity index (χ2n) is 7.93. The molecule has 0 amide bonds. The van der Waals surface area contributed by atoms with Crippen LogP contribution in [0.15, 0.2) is 18.3 Å². The number of hydrogen-bond donors (Lipinski definition) is 2. The summed E-state index contributed by atoms with van der Waals surface area (Å²) in [6, 6.07) is 4.68. The molecule has 0 unspecified atom stereocenters. The highest BCUT2D eigenvalue weighted by Crippen LogP contribution is 2.54. The average Bonchev–Trinajstić information content (AvgIpc) is 2.96. The Hall–Kier alpha value is -1.39. The van der Waals surface area contributed by atoms with E-state index in [-0.39, 0.29) is 5.41 Å². The summed E-state index contributed by atoms with van der Waals surface area (Å²) in [6.07, 6.45) is 9.32. The summed E-state index contributed by atoms with van der Waals surface area (Å²) >= 11 is 0. The van der Waals surface area contributed by atoms with Crippen molar-refractivity contribution in [2.24, 2.45) is 5.92 Å². The Morgan fingerprint density at radius 2 is 2.25 bits per heavy atom. The van der Waals surface area contributed by atoms with Gasteiger partial charge in [0.1, 0.15) is 0 Å². The Morgan fingerprint density at radius 3 is 3.04 bits per heavy atom. The molecule has 1 aromatic carbocycles. The van der Waals surface area contributed by atoms with Crippen LogP contribution in [0.5, 0.6) is 0 Å². The molecule has 4 heteroatoms. The first-order chi connectivity index (χ1) is 11.6. The molecule has 2 aliphatic rings. The molecule has 3 atom stereocenters. The van der Waals surface area contributed by atoms with Gasteiger partial charge < -0.3 is 9.84 Å². The van der Waals surface area contributed by atoms with E-state index in [2.05, 4.69) is 29.3 Å². The summed E-state index contributed by atoms with van der Waals surface area (Å²) in [5, 5.41) is 19.5. The molecular weight excluding hydrogens is 300 g/mol. The highest BCUT2D eigenvalue weighted by molar-refractivity contribution is 5.80. The fourth-order valence-corrected chi connectivity index (χ4v) is 5.45. The van der Waals surface area contributed by atoms with Crippen LogP contribution < -0.4 is 0 Å². The monoisotopic (exact) mass is 328 g/mol. The third-order valence-corrected chi connectivity index (χ3v) is 6.69. The number of rotatable bonds is 3. The van der Waals surface area contributed by atoms with E-state index in [0.29, 0.717) is 12.5 Å². The van der Waals surface area contributed by atoms with Crippen LogP contribution in [0.2, 0.25) is 0 Å². The van der Waals surface area contributed by atoms with E-state index in [0.717, 1.165) is 37.6 Å². The lowest BCUT2D eigenvalue weighted by Gasteiger charge is -2.50. The standard InChI is InChI=1S/C20H28N2O2/c1-3-20-8-7-19(23,13-24-2)11-16(20)6-4-5-14-10-18-15(9-17(14)20)12-21-22-18/h9-10,12,16,23H,3-8,11,13H2,1-2H3,(H,21,22)/t16-,19+,20+/m0/s1. The molecule has 1 aromatic heterocycles. The van der Waals surface area contributed by atoms with Gasteiger partial charge in [-0.2, -0.15) is 5.10 Å². The lowest BCUT2D eigenvalue weighted by molar-refractivity contribution is -0.0903. The van der Waals surface area contributed by atoms with Gasteiger partial charge in [0, 0.05) is 12.5 Å². The van der Waals surface area contributed by atoms with E-state index in [1.165, 1.54) is 29.4 Å². The van der Waals surface area contributed by atoms with Crippen LogP contribution in [0, 0.1) is 5.92 Å². The highest BCUT2D eigenvalue weighted by Gasteiger charge is 2.49. The first-order valence-corrected chi connectivity index (χ1v) is 9.28. The van der Waals surface area contributed by atoms with Gasteiger partial charge in [-0.15, -0.1) is 0 Å². The van der Waals surface area contributed by atoms with E-state index in [1.54, 1.807) is 7.11 Å². The number of hydrogen-bond acceptors (Lipinski definition) is 3. The summed E-state index contributed by atoms with van der Waals surface area (Å²) in [6.45, 7) is 2.78. The van der Waals surface area contributed by atoms with Crippen molar-refractivity contribution in [3.05, 3.63) is 29.5 Å². The van der Waals surface area contributed by atoms with E-state index in [9.17, 15) is 5.11 Å². The summed E-state index contributed by atoms with van der Waals surface area (Å²) < 4.78 is 5.32. The first-order valence-electron chi connectivity index (χ1n) is 9.28. The molecule has 0 aliphatic heterocycles. The van der Waals surface area contributed by atoms with Gasteiger partial charge in [-0.05, 0) is 79.5 Å². The van der Waals surface area contributed by atoms with Crippen LogP contribution in [0.25, 0.3) is 10.9 Å². The number of nitrogens with zero attached hydrogens (tertiary/aromatic N) is 1. The minimum atomic E-state index is -0.650. The van der Waals surface area contributed by atoms with Crippen molar-refractivity contribution in [1.82, 2.24) is 10.2 Å². The Labute approximate surface area is 143 Å². The van der Waals surface area contributed by atoms with Gasteiger partial charge in [0.25, 0.3) is 0 Å². The van der Waals surface area contributed by atoms with Gasteiger partial charge in [0.2, 0.25) is 0 Å². The van der Waals surface area contributed by atoms with Crippen molar-refractivity contribution in [3.8, 4) is 0 Å². The number of aliphatic hydroxyl groups is 1. The molecule has 2 N–H and O–H groups in total. The topological polar surface area (TPSA) is 58.1 Å². The van der Waals surface area contributed by atoms with E-state index >= 15 is 0 Å². The summed E-state index contributed by atoms with van der Waals surface area (Å²) in [5.74, 6) is 0.530. The second-order valence-corrected chi connectivity index (χ2v) is 7.93. The van der Waals surface area contributed by atoms with E-state index < -0.39 is 5.60 Å². The maximum atomic E-state index is 11.0.